The number of nitrogens with one attached hydrogen (secondary N) is 2. The van der Waals surface area contributed by atoms with Gasteiger partial charge in [-0.3, -0.25) is 9.59 Å². The predicted molar refractivity (Wildman–Crippen MR) is 273 cm³/mol. The summed E-state index contributed by atoms with van der Waals surface area (Å²) in [5.41, 5.74) is 5.29. The van der Waals surface area contributed by atoms with Gasteiger partial charge < -0.3 is 44.1 Å². The molecule has 2 heterocycles. The maximum Gasteiger partial charge on any atom is 0.450 e. The molecule has 4 N–H and O–H groups in total. The molecule has 0 aliphatic heterocycles. The minimum atomic E-state index is -0.750. The standard InChI is InChI=1S/C27H25ClN2O4.C19H17ClN2O5.CH2Cl2.BCl3/c1-4-29-27(31)25-24(19-10-12-20(32-3)13-11-19)26(34-30-25)21-15-22(28)17(2)14-23(21)33-16-18-8-6-5-7-9-18;1-3-21-19(25)17-16(10-4-6-11(26-2)7-5-10)18(27-22-17)12-8-13(20)15(24)9-14(12)23;2-1-3;2-1(3)4/h5-15H,4,16H2,1-3H3,(H,29,31);4-9,23-24H,3H2,1-2H3,(H,21,25);1H2;. The molecule has 0 spiro atoms. The van der Waals surface area contributed by atoms with E-state index in [0.29, 0.717) is 70.0 Å². The molecule has 68 heavy (non-hydrogen) atoms. The number of aryl methyl sites for hydroxylation is 1. The van der Waals surface area contributed by atoms with Crippen LogP contribution in [-0.4, -0.2) is 69.9 Å². The number of methoxy groups -OCH3 is 2. The fourth-order valence-corrected chi connectivity index (χ4v) is 6.54. The van der Waals surface area contributed by atoms with Crippen molar-refractivity contribution >= 4 is 97.6 Å². The van der Waals surface area contributed by atoms with E-state index in [0.717, 1.165) is 22.8 Å². The Labute approximate surface area is 428 Å². The van der Waals surface area contributed by atoms with Gasteiger partial charge in [0.1, 0.15) is 35.4 Å². The molecule has 0 unspecified atom stereocenters. The van der Waals surface area contributed by atoms with E-state index >= 15 is 0 Å². The quantitative estimate of drug-likeness (QED) is 0.0638. The van der Waals surface area contributed by atoms with Gasteiger partial charge in [0.25, 0.3) is 11.8 Å². The average molecular weight is 1070 g/mol. The number of carbonyl (C=O) groups is 2. The van der Waals surface area contributed by atoms with E-state index < -0.39 is 10.9 Å². The van der Waals surface area contributed by atoms with Crippen LogP contribution in [0.4, 0.5) is 0 Å². The third kappa shape index (κ3) is 15.0. The number of carbonyl (C=O) groups excluding carboxylic acids is 2. The lowest BCUT2D eigenvalue weighted by Gasteiger charge is -2.14. The molecule has 0 atom stereocenters. The first kappa shape index (κ1) is 55.2. The number of ether oxygens (including phenoxy) is 3. The molecule has 2 aromatic heterocycles. The highest BCUT2D eigenvalue weighted by Crippen LogP contribution is 2.44. The van der Waals surface area contributed by atoms with Gasteiger partial charge in [-0.05, 0) is 85.5 Å². The van der Waals surface area contributed by atoms with Crippen LogP contribution >= 0.6 is 80.8 Å². The van der Waals surface area contributed by atoms with Crippen molar-refractivity contribution in [2.24, 2.45) is 0 Å². The summed E-state index contributed by atoms with van der Waals surface area (Å²) < 4.78 is 27.8. The van der Waals surface area contributed by atoms with Crippen molar-refractivity contribution in [1.82, 2.24) is 20.9 Å². The van der Waals surface area contributed by atoms with Gasteiger partial charge in [0.15, 0.2) is 22.9 Å². The van der Waals surface area contributed by atoms with E-state index in [1.165, 1.54) is 6.07 Å². The minimum absolute atomic E-state index is 0.0273. The topological polar surface area (TPSA) is 178 Å². The van der Waals surface area contributed by atoms with Gasteiger partial charge in [-0.15, -0.1) is 23.2 Å². The van der Waals surface area contributed by atoms with Crippen molar-refractivity contribution in [3.05, 3.63) is 136 Å². The molecule has 13 nitrogen and oxygen atoms in total. The van der Waals surface area contributed by atoms with Gasteiger partial charge >= 0.3 is 4.96 Å². The van der Waals surface area contributed by atoms with Gasteiger partial charge in [0.05, 0.1) is 46.8 Å². The van der Waals surface area contributed by atoms with Gasteiger partial charge in [-0.2, -0.15) is 34.4 Å². The Morgan fingerprint density at radius 3 is 1.54 bits per heavy atom. The Kier molecular flexibility index (Phi) is 22.3. The lowest BCUT2D eigenvalue weighted by Crippen LogP contribution is -2.23. The lowest BCUT2D eigenvalue weighted by atomic mass is 9.97. The number of amides is 2. The number of rotatable bonds is 13. The van der Waals surface area contributed by atoms with E-state index in [1.807, 2.05) is 74.5 Å². The summed E-state index contributed by atoms with van der Waals surface area (Å²) in [6, 6.07) is 30.3. The van der Waals surface area contributed by atoms with Crippen LogP contribution < -0.4 is 24.8 Å². The molecule has 21 heteroatoms. The van der Waals surface area contributed by atoms with Crippen LogP contribution in [-0.2, 0) is 6.61 Å². The first-order valence-corrected chi connectivity index (χ1v) is 23.3. The normalized spacial score (nSPS) is 10.2. The highest BCUT2D eigenvalue weighted by molar-refractivity contribution is 7.54. The summed E-state index contributed by atoms with van der Waals surface area (Å²) in [7, 11) is 3.15. The first-order valence-electron chi connectivity index (χ1n) is 20.2. The van der Waals surface area contributed by atoms with Crippen molar-refractivity contribution in [3.63, 3.8) is 0 Å². The second-order valence-electron chi connectivity index (χ2n) is 13.7. The molecule has 7 aromatic rings. The molecular formula is C47H44BCl7N4O9. The van der Waals surface area contributed by atoms with Crippen LogP contribution in [0.2, 0.25) is 10.0 Å². The number of benzene rings is 5. The number of halogens is 7. The van der Waals surface area contributed by atoms with Crippen LogP contribution in [0.3, 0.4) is 0 Å². The Balaban J connectivity index is 0.000000266. The van der Waals surface area contributed by atoms with Gasteiger partial charge in [0, 0.05) is 24.2 Å². The second-order valence-corrected chi connectivity index (χ2v) is 17.3. The summed E-state index contributed by atoms with van der Waals surface area (Å²) in [6.45, 7) is 6.79. The Hall–Kier alpha value is -5.45. The van der Waals surface area contributed by atoms with E-state index in [9.17, 15) is 19.8 Å². The van der Waals surface area contributed by atoms with Crippen molar-refractivity contribution in [2.75, 3.05) is 32.6 Å². The molecule has 0 bridgehead atoms. The van der Waals surface area contributed by atoms with Crippen molar-refractivity contribution in [3.8, 4) is 73.6 Å². The number of phenols is 2. The zero-order valence-electron chi connectivity index (χ0n) is 37.0. The first-order chi connectivity index (χ1) is 32.6. The molecule has 5 aromatic carbocycles. The SMILES string of the molecule is CCNC(=O)c1noc(-c2cc(Cl)c(C)cc2OCc2ccccc2)c1-c1ccc(OC)cc1.CCNC(=O)c1noc(-c2cc(Cl)c(O)cc2O)c1-c1ccc(OC)cc1.ClB(Cl)Cl.ClCCl. The average Bonchev–Trinajstić information content (AvgIpc) is 3.97. The molecule has 358 valence electrons. The van der Waals surface area contributed by atoms with Gasteiger partial charge in [0.2, 0.25) is 0 Å². The molecular weight excluding hydrogens is 1020 g/mol. The smallest absolute Gasteiger partial charge is 0.450 e. The number of alkyl halides is 2. The fraction of sp³-hybridized carbons (Fsp3) is 0.191. The van der Waals surface area contributed by atoms with Crippen molar-refractivity contribution < 1.29 is 43.1 Å². The van der Waals surface area contributed by atoms with E-state index in [1.54, 1.807) is 51.5 Å². The van der Waals surface area contributed by atoms with Crippen LogP contribution in [0.5, 0.6) is 28.7 Å². The lowest BCUT2D eigenvalue weighted by molar-refractivity contribution is 0.0939. The molecule has 0 radical (unpaired) electrons. The summed E-state index contributed by atoms with van der Waals surface area (Å²) in [5.74, 6) is 1.21. The Morgan fingerprint density at radius 1 is 0.662 bits per heavy atom. The maximum absolute atomic E-state index is 12.8. The summed E-state index contributed by atoms with van der Waals surface area (Å²) in [4.78, 5) is 24.5. The van der Waals surface area contributed by atoms with Crippen LogP contribution in [0.1, 0.15) is 46.0 Å². The number of hydrogen-bond acceptors (Lipinski definition) is 11. The molecule has 0 aliphatic carbocycles. The van der Waals surface area contributed by atoms with E-state index in [-0.39, 0.29) is 50.5 Å². The second kappa shape index (κ2) is 27.5. The number of hydrogen-bond donors (Lipinski definition) is 4. The third-order valence-electron chi connectivity index (χ3n) is 9.30. The number of phenolic OH excluding ortho intramolecular Hbond substituents is 2. The zero-order valence-corrected chi connectivity index (χ0v) is 42.3. The van der Waals surface area contributed by atoms with Crippen LogP contribution in [0, 0.1) is 6.92 Å². The molecule has 0 aliphatic rings. The molecule has 2 amide bonds. The molecule has 0 saturated heterocycles. The molecule has 7 rings (SSSR count). The monoisotopic (exact) mass is 1060 g/mol. The van der Waals surface area contributed by atoms with E-state index in [4.69, 9.17) is 104 Å². The molecule has 0 fully saturated rings. The third-order valence-corrected chi connectivity index (χ3v) is 10.0. The van der Waals surface area contributed by atoms with Crippen molar-refractivity contribution in [2.45, 2.75) is 27.4 Å². The summed E-state index contributed by atoms with van der Waals surface area (Å²) in [6.07, 6.45) is 0. The van der Waals surface area contributed by atoms with Gasteiger partial charge in [-0.25, -0.2) is 0 Å². The highest BCUT2D eigenvalue weighted by Gasteiger charge is 2.28. The largest absolute Gasteiger partial charge is 0.507 e. The van der Waals surface area contributed by atoms with E-state index in [2.05, 4.69) is 20.9 Å². The number of aromatic nitrogens is 2. The summed E-state index contributed by atoms with van der Waals surface area (Å²) in [5, 5.41) is 34.2. The van der Waals surface area contributed by atoms with Crippen LogP contribution in [0.15, 0.2) is 112 Å². The Morgan fingerprint density at radius 2 is 1.10 bits per heavy atom. The summed E-state index contributed by atoms with van der Waals surface area (Å²) >= 11 is 36.4. The number of nitrogens with zero attached hydrogens (tertiary/aromatic N) is 2. The zero-order chi connectivity index (χ0) is 49.9. The highest BCUT2D eigenvalue weighted by atomic mass is 35.6. The Bertz CT molecular complexity index is 2720. The molecule has 0 saturated carbocycles. The van der Waals surface area contributed by atoms with Crippen LogP contribution in [0.25, 0.3) is 44.9 Å². The minimum Gasteiger partial charge on any atom is -0.507 e. The fourth-order valence-electron chi connectivity index (χ4n) is 6.22. The van der Waals surface area contributed by atoms with Gasteiger partial charge in [-0.1, -0.05) is 88.1 Å². The predicted octanol–water partition coefficient (Wildman–Crippen LogP) is 13.2. The van der Waals surface area contributed by atoms with Crippen molar-refractivity contribution in [1.29, 1.82) is 0 Å². The number of aromatic hydroxyl groups is 2. The maximum atomic E-state index is 12.8.